The zero-order valence-corrected chi connectivity index (χ0v) is 19.6. The van der Waals surface area contributed by atoms with Crippen molar-refractivity contribution in [2.45, 2.75) is 24.1 Å². The van der Waals surface area contributed by atoms with Crippen LogP contribution >= 0.6 is 11.8 Å². The molecule has 3 rings (SSSR count). The van der Waals surface area contributed by atoms with Gasteiger partial charge in [0.1, 0.15) is 21.5 Å². The number of nitrogens with one attached hydrogen (secondary N) is 1. The predicted molar refractivity (Wildman–Crippen MR) is 126 cm³/mol. The first-order chi connectivity index (χ1) is 15.8. The number of hydrogen-bond donors (Lipinski definition) is 2. The second kappa shape index (κ2) is 10.8. The third-order valence-electron chi connectivity index (χ3n) is 5.29. The highest BCUT2D eigenvalue weighted by Gasteiger charge is 2.52. The van der Waals surface area contributed by atoms with Gasteiger partial charge in [0, 0.05) is 32.1 Å². The van der Waals surface area contributed by atoms with E-state index in [4.69, 9.17) is 10.6 Å². The Morgan fingerprint density at radius 3 is 2.88 bits per heavy atom. The summed E-state index contributed by atoms with van der Waals surface area (Å²) in [7, 11) is 4.70. The van der Waals surface area contributed by atoms with Crippen molar-refractivity contribution in [1.82, 2.24) is 15.4 Å². The Labute approximate surface area is 196 Å². The standard InChI is InChI=1S/C22H28F2N6O2S/c1-29(2)21(31)30-22(15-8-5-4-6-9-15,12-7-13-26-20(25)28-32-3)33-19(27-30)17-14-16(23)10-11-18(17)24/h4-6,8,10-11,14-15H,7,9,12-13H2,1-3H3,(H3,25,26,28). The summed E-state index contributed by atoms with van der Waals surface area (Å²) in [6.07, 6.45) is 9.64. The molecule has 2 unspecified atom stereocenters. The summed E-state index contributed by atoms with van der Waals surface area (Å²) in [5, 5.41) is 6.18. The van der Waals surface area contributed by atoms with Crippen LogP contribution in [0.2, 0.25) is 0 Å². The van der Waals surface area contributed by atoms with Crippen molar-refractivity contribution >= 4 is 28.8 Å². The molecule has 0 saturated carbocycles. The molecule has 2 amide bonds. The van der Waals surface area contributed by atoms with Gasteiger partial charge < -0.3 is 10.6 Å². The third-order valence-corrected chi connectivity index (χ3v) is 6.82. The quantitative estimate of drug-likeness (QED) is 0.271. The van der Waals surface area contributed by atoms with Crippen LogP contribution in [-0.4, -0.2) is 59.6 Å². The third kappa shape index (κ3) is 5.53. The Morgan fingerprint density at radius 1 is 1.42 bits per heavy atom. The minimum absolute atomic E-state index is 0.0281. The first kappa shape index (κ1) is 24.7. The van der Waals surface area contributed by atoms with Crippen molar-refractivity contribution in [2.24, 2.45) is 21.7 Å². The van der Waals surface area contributed by atoms with Crippen molar-refractivity contribution in [2.75, 3.05) is 27.7 Å². The maximum atomic E-state index is 14.6. The number of urea groups is 1. The molecule has 0 bridgehead atoms. The van der Waals surface area contributed by atoms with Gasteiger partial charge in [0.05, 0.1) is 7.11 Å². The molecule has 0 fully saturated rings. The summed E-state index contributed by atoms with van der Waals surface area (Å²) >= 11 is 1.28. The van der Waals surface area contributed by atoms with Crippen molar-refractivity contribution < 1.29 is 18.4 Å². The summed E-state index contributed by atoms with van der Waals surface area (Å²) in [6.45, 7) is 0.379. The van der Waals surface area contributed by atoms with Crippen LogP contribution < -0.4 is 11.2 Å². The zero-order chi connectivity index (χ0) is 24.0. The lowest BCUT2D eigenvalue weighted by molar-refractivity contribution is 0.119. The maximum Gasteiger partial charge on any atom is 0.341 e. The average Bonchev–Trinajstić information content (AvgIpc) is 3.19. The van der Waals surface area contributed by atoms with E-state index in [1.54, 1.807) is 14.1 Å². The zero-order valence-electron chi connectivity index (χ0n) is 18.8. The van der Waals surface area contributed by atoms with Gasteiger partial charge in [-0.05, 0) is 37.5 Å². The Hall–Kier alpha value is -2.92. The van der Waals surface area contributed by atoms with Crippen LogP contribution in [-0.2, 0) is 4.84 Å². The smallest absolute Gasteiger partial charge is 0.341 e. The van der Waals surface area contributed by atoms with Gasteiger partial charge in [-0.1, -0.05) is 36.1 Å². The molecule has 1 aromatic rings. The summed E-state index contributed by atoms with van der Waals surface area (Å²) in [5.41, 5.74) is 8.20. The second-order valence-corrected chi connectivity index (χ2v) is 9.09. The molecular formula is C22H28F2N6O2S. The highest BCUT2D eigenvalue weighted by Crippen LogP contribution is 2.50. The van der Waals surface area contributed by atoms with E-state index in [1.165, 1.54) is 28.8 Å². The van der Waals surface area contributed by atoms with E-state index in [2.05, 4.69) is 15.6 Å². The number of hydrogen-bond acceptors (Lipinski definition) is 5. The molecule has 178 valence electrons. The normalized spacial score (nSPS) is 22.5. The molecule has 0 saturated heterocycles. The van der Waals surface area contributed by atoms with Gasteiger partial charge in [0.2, 0.25) is 5.96 Å². The number of carbonyl (C=O) groups excluding carboxylic acids is 1. The minimum Gasteiger partial charge on any atom is -0.368 e. The molecule has 3 N–H and O–H groups in total. The Kier molecular flexibility index (Phi) is 8.09. The van der Waals surface area contributed by atoms with Gasteiger partial charge in [-0.25, -0.2) is 19.1 Å². The number of benzene rings is 1. The fourth-order valence-corrected chi connectivity index (χ4v) is 5.23. The Balaban J connectivity index is 1.98. The molecular weight excluding hydrogens is 450 g/mol. The Bertz CT molecular complexity index is 997. The van der Waals surface area contributed by atoms with Gasteiger partial charge in [-0.15, -0.1) is 0 Å². The van der Waals surface area contributed by atoms with Crippen molar-refractivity contribution in [3.05, 3.63) is 59.7 Å². The van der Waals surface area contributed by atoms with Crippen LogP contribution in [0.25, 0.3) is 0 Å². The number of hydrazone groups is 1. The Morgan fingerprint density at radius 2 is 2.21 bits per heavy atom. The largest absolute Gasteiger partial charge is 0.368 e. The van der Waals surface area contributed by atoms with Crippen LogP contribution in [0.4, 0.5) is 13.6 Å². The van der Waals surface area contributed by atoms with Gasteiger partial charge in [-0.2, -0.15) is 10.1 Å². The van der Waals surface area contributed by atoms with E-state index >= 15 is 0 Å². The van der Waals surface area contributed by atoms with E-state index in [9.17, 15) is 13.6 Å². The summed E-state index contributed by atoms with van der Waals surface area (Å²) in [5.74, 6) is -1.13. The van der Waals surface area contributed by atoms with Gasteiger partial charge in [-0.3, -0.25) is 9.83 Å². The van der Waals surface area contributed by atoms with E-state index < -0.39 is 16.5 Å². The molecule has 1 aliphatic heterocycles. The lowest BCUT2D eigenvalue weighted by Gasteiger charge is -2.41. The number of guanidine groups is 1. The van der Waals surface area contributed by atoms with E-state index in [0.717, 1.165) is 18.2 Å². The molecule has 2 aliphatic rings. The van der Waals surface area contributed by atoms with Gasteiger partial charge >= 0.3 is 6.03 Å². The fourth-order valence-electron chi connectivity index (χ4n) is 3.73. The second-order valence-electron chi connectivity index (χ2n) is 7.80. The van der Waals surface area contributed by atoms with E-state index in [-0.39, 0.29) is 28.5 Å². The lowest BCUT2D eigenvalue weighted by Crippen LogP contribution is -2.52. The number of nitrogens with two attached hydrogens (primary N) is 1. The van der Waals surface area contributed by atoms with Gasteiger partial charge in [0.15, 0.2) is 0 Å². The molecule has 1 aliphatic carbocycles. The minimum atomic E-state index is -0.852. The number of halogens is 2. The number of carbonyl (C=O) groups is 1. The van der Waals surface area contributed by atoms with Crippen molar-refractivity contribution in [3.8, 4) is 0 Å². The summed E-state index contributed by atoms with van der Waals surface area (Å²) in [6, 6.07) is 2.88. The number of allylic oxidation sites excluding steroid dienone is 3. The number of nitrogens with zero attached hydrogens (tertiary/aromatic N) is 4. The predicted octanol–water partition coefficient (Wildman–Crippen LogP) is 3.43. The van der Waals surface area contributed by atoms with E-state index in [1.807, 2.05) is 24.3 Å². The fraction of sp³-hybridized carbons (Fsp3) is 0.409. The molecule has 11 heteroatoms. The number of hydroxylamine groups is 1. The number of rotatable bonds is 7. The van der Waals surface area contributed by atoms with E-state index in [0.29, 0.717) is 25.8 Å². The van der Waals surface area contributed by atoms with Crippen LogP contribution in [0, 0.1) is 17.6 Å². The van der Waals surface area contributed by atoms with Crippen molar-refractivity contribution in [3.63, 3.8) is 0 Å². The topological polar surface area (TPSA) is 95.5 Å². The van der Waals surface area contributed by atoms with Crippen LogP contribution in [0.5, 0.6) is 0 Å². The highest BCUT2D eigenvalue weighted by atomic mass is 32.2. The molecule has 1 aromatic carbocycles. The number of amides is 2. The molecule has 0 spiro atoms. The SMILES string of the molecule is CONC(N)=NCCCC1(C2C=CC=CC2)SC(c2cc(F)ccc2F)=NN1C(=O)N(C)C. The van der Waals surface area contributed by atoms with Crippen LogP contribution in [0.1, 0.15) is 24.8 Å². The monoisotopic (exact) mass is 478 g/mol. The molecule has 0 radical (unpaired) electrons. The highest BCUT2D eigenvalue weighted by molar-refractivity contribution is 8.15. The van der Waals surface area contributed by atoms with Crippen LogP contribution in [0.15, 0.2) is 52.6 Å². The molecule has 8 nitrogen and oxygen atoms in total. The maximum absolute atomic E-state index is 14.6. The first-order valence-electron chi connectivity index (χ1n) is 10.5. The summed E-state index contributed by atoms with van der Waals surface area (Å²) < 4.78 is 28.6. The summed E-state index contributed by atoms with van der Waals surface area (Å²) in [4.78, 5) is 22.7. The van der Waals surface area contributed by atoms with Gasteiger partial charge in [0.25, 0.3) is 0 Å². The van der Waals surface area contributed by atoms with Crippen LogP contribution in [0.3, 0.4) is 0 Å². The number of thioether (sulfide) groups is 1. The molecule has 33 heavy (non-hydrogen) atoms. The first-order valence-corrected chi connectivity index (χ1v) is 11.3. The molecule has 1 heterocycles. The number of aliphatic imine (C=N–C) groups is 1. The molecule has 2 atom stereocenters. The average molecular weight is 479 g/mol. The molecule has 0 aromatic heterocycles. The lowest BCUT2D eigenvalue weighted by atomic mass is 9.88. The van der Waals surface area contributed by atoms with Crippen molar-refractivity contribution in [1.29, 1.82) is 0 Å².